The van der Waals surface area contributed by atoms with Gasteiger partial charge in [-0.15, -0.1) is 0 Å². The van der Waals surface area contributed by atoms with Gasteiger partial charge in [-0.3, -0.25) is 4.79 Å². The van der Waals surface area contributed by atoms with Crippen LogP contribution >= 0.6 is 0 Å². The Hall–Kier alpha value is -1.57. The van der Waals surface area contributed by atoms with Gasteiger partial charge in [0, 0.05) is 12.1 Å². The Morgan fingerprint density at radius 2 is 2.07 bits per heavy atom. The molecule has 0 saturated carbocycles. The highest BCUT2D eigenvalue weighted by atomic mass is 16.1. The Morgan fingerprint density at radius 1 is 1.40 bits per heavy atom. The zero-order valence-corrected chi connectivity index (χ0v) is 9.34. The zero-order chi connectivity index (χ0) is 11.3. The average molecular weight is 203 g/mol. The molecule has 0 aliphatic carbocycles. The van der Waals surface area contributed by atoms with Crippen LogP contribution in [0, 0.1) is 0 Å². The van der Waals surface area contributed by atoms with E-state index in [0.29, 0.717) is 6.54 Å². The monoisotopic (exact) mass is 203 g/mol. The second kappa shape index (κ2) is 5.35. The molecule has 2 heteroatoms. The lowest BCUT2D eigenvalue weighted by Gasteiger charge is -2.08. The summed E-state index contributed by atoms with van der Waals surface area (Å²) in [5.74, 6) is -0.0181. The molecule has 0 aliphatic rings. The Balaban J connectivity index is 2.77. The minimum Gasteiger partial charge on any atom is -0.348 e. The topological polar surface area (TPSA) is 29.1 Å². The van der Waals surface area contributed by atoms with E-state index < -0.39 is 0 Å². The van der Waals surface area contributed by atoms with Crippen LogP contribution in [0.1, 0.15) is 29.8 Å². The van der Waals surface area contributed by atoms with Gasteiger partial charge in [-0.2, -0.15) is 0 Å². The fraction of sp³-hybridized carbons (Fsp3) is 0.308. The van der Waals surface area contributed by atoms with Crippen LogP contribution < -0.4 is 5.32 Å². The molecule has 0 unspecified atom stereocenters. The van der Waals surface area contributed by atoms with Gasteiger partial charge in [-0.05, 0) is 25.0 Å². The summed E-state index contributed by atoms with van der Waals surface area (Å²) in [6, 6.07) is 7.67. The molecule has 80 valence electrons. The largest absolute Gasteiger partial charge is 0.348 e. The molecule has 1 rings (SSSR count). The number of carbonyl (C=O) groups is 1. The third kappa shape index (κ3) is 3.24. The standard InChI is InChI=1S/C13H17NO/c1-4-11-7-5-6-8-12(11)13(15)14-9-10(2)3/h5-8H,2,4,9H2,1,3H3,(H,14,15). The summed E-state index contributed by atoms with van der Waals surface area (Å²) in [5, 5.41) is 2.83. The Morgan fingerprint density at radius 3 is 2.67 bits per heavy atom. The van der Waals surface area contributed by atoms with E-state index in [1.165, 1.54) is 0 Å². The SMILES string of the molecule is C=C(C)CNC(=O)c1ccccc1CC. The van der Waals surface area contributed by atoms with Crippen molar-refractivity contribution in [3.8, 4) is 0 Å². The fourth-order valence-corrected chi connectivity index (χ4v) is 1.38. The molecule has 0 spiro atoms. The highest BCUT2D eigenvalue weighted by molar-refractivity contribution is 5.95. The Labute approximate surface area is 91.0 Å². The van der Waals surface area contributed by atoms with Gasteiger partial charge in [0.15, 0.2) is 0 Å². The van der Waals surface area contributed by atoms with E-state index in [9.17, 15) is 4.79 Å². The van der Waals surface area contributed by atoms with Gasteiger partial charge in [-0.1, -0.05) is 37.3 Å². The van der Waals surface area contributed by atoms with Gasteiger partial charge >= 0.3 is 0 Å². The lowest BCUT2D eigenvalue weighted by molar-refractivity contribution is 0.0956. The summed E-state index contributed by atoms with van der Waals surface area (Å²) in [5.41, 5.74) is 2.80. The highest BCUT2D eigenvalue weighted by Gasteiger charge is 2.08. The molecule has 15 heavy (non-hydrogen) atoms. The van der Waals surface area contributed by atoms with E-state index in [2.05, 4.69) is 11.9 Å². The summed E-state index contributed by atoms with van der Waals surface area (Å²) < 4.78 is 0. The van der Waals surface area contributed by atoms with Crippen molar-refractivity contribution in [3.63, 3.8) is 0 Å². The van der Waals surface area contributed by atoms with Gasteiger partial charge in [-0.25, -0.2) is 0 Å². The summed E-state index contributed by atoms with van der Waals surface area (Å²) >= 11 is 0. The van der Waals surface area contributed by atoms with Crippen LogP contribution in [0.3, 0.4) is 0 Å². The van der Waals surface area contributed by atoms with E-state index in [1.807, 2.05) is 38.1 Å². The predicted octanol–water partition coefficient (Wildman–Crippen LogP) is 2.55. The van der Waals surface area contributed by atoms with Crippen molar-refractivity contribution in [3.05, 3.63) is 47.5 Å². The number of amides is 1. The molecule has 1 aromatic rings. The Bertz CT molecular complexity index is 369. The van der Waals surface area contributed by atoms with Crippen LogP contribution in [0.25, 0.3) is 0 Å². The van der Waals surface area contributed by atoms with Crippen molar-refractivity contribution in [2.45, 2.75) is 20.3 Å². The van der Waals surface area contributed by atoms with Crippen LogP contribution in [0.2, 0.25) is 0 Å². The summed E-state index contributed by atoms with van der Waals surface area (Å²) in [6.45, 7) is 8.23. The fourth-order valence-electron chi connectivity index (χ4n) is 1.38. The van der Waals surface area contributed by atoms with Crippen molar-refractivity contribution in [2.24, 2.45) is 0 Å². The van der Waals surface area contributed by atoms with Crippen molar-refractivity contribution in [2.75, 3.05) is 6.54 Å². The summed E-state index contributed by atoms with van der Waals surface area (Å²) in [7, 11) is 0. The van der Waals surface area contributed by atoms with Crippen LogP contribution in [0.15, 0.2) is 36.4 Å². The Kier molecular flexibility index (Phi) is 4.10. The number of aryl methyl sites for hydroxylation is 1. The van der Waals surface area contributed by atoms with Gasteiger partial charge in [0.05, 0.1) is 0 Å². The molecule has 0 atom stereocenters. The highest BCUT2D eigenvalue weighted by Crippen LogP contribution is 2.09. The molecular formula is C13H17NO. The maximum atomic E-state index is 11.8. The molecule has 1 amide bonds. The van der Waals surface area contributed by atoms with E-state index in [1.54, 1.807) is 0 Å². The molecule has 0 fully saturated rings. The first-order valence-corrected chi connectivity index (χ1v) is 5.15. The molecule has 0 aromatic heterocycles. The van der Waals surface area contributed by atoms with Crippen LogP contribution in [0.5, 0.6) is 0 Å². The first-order valence-electron chi connectivity index (χ1n) is 5.15. The van der Waals surface area contributed by atoms with Crippen LogP contribution in [-0.4, -0.2) is 12.5 Å². The van der Waals surface area contributed by atoms with Crippen LogP contribution in [-0.2, 0) is 6.42 Å². The maximum Gasteiger partial charge on any atom is 0.251 e. The van der Waals surface area contributed by atoms with Crippen molar-refractivity contribution in [1.82, 2.24) is 5.32 Å². The van der Waals surface area contributed by atoms with E-state index in [0.717, 1.165) is 23.1 Å². The zero-order valence-electron chi connectivity index (χ0n) is 9.34. The lowest BCUT2D eigenvalue weighted by Crippen LogP contribution is -2.25. The number of rotatable bonds is 4. The molecule has 1 aromatic carbocycles. The maximum absolute atomic E-state index is 11.8. The molecule has 2 nitrogen and oxygen atoms in total. The molecule has 1 N–H and O–H groups in total. The van der Waals surface area contributed by atoms with Crippen LogP contribution in [0.4, 0.5) is 0 Å². The molecular weight excluding hydrogens is 186 g/mol. The minimum absolute atomic E-state index is 0.0181. The number of nitrogens with one attached hydrogen (secondary N) is 1. The third-order valence-electron chi connectivity index (χ3n) is 2.19. The lowest BCUT2D eigenvalue weighted by atomic mass is 10.0. The second-order valence-electron chi connectivity index (χ2n) is 3.65. The molecule has 0 heterocycles. The van der Waals surface area contributed by atoms with Crippen molar-refractivity contribution >= 4 is 5.91 Å². The number of benzene rings is 1. The second-order valence-corrected chi connectivity index (χ2v) is 3.65. The summed E-state index contributed by atoms with van der Waals surface area (Å²) in [4.78, 5) is 11.8. The first-order chi connectivity index (χ1) is 7.15. The third-order valence-corrected chi connectivity index (χ3v) is 2.19. The first kappa shape index (κ1) is 11.5. The molecule has 0 bridgehead atoms. The van der Waals surface area contributed by atoms with E-state index in [4.69, 9.17) is 0 Å². The van der Waals surface area contributed by atoms with Crippen molar-refractivity contribution in [1.29, 1.82) is 0 Å². The minimum atomic E-state index is -0.0181. The quantitative estimate of drug-likeness (QED) is 0.749. The van der Waals surface area contributed by atoms with Gasteiger partial charge in [0.25, 0.3) is 5.91 Å². The van der Waals surface area contributed by atoms with Crippen molar-refractivity contribution < 1.29 is 4.79 Å². The average Bonchev–Trinajstić information content (AvgIpc) is 2.25. The molecule has 0 aliphatic heterocycles. The number of hydrogen-bond acceptors (Lipinski definition) is 1. The summed E-state index contributed by atoms with van der Waals surface area (Å²) in [6.07, 6.45) is 0.872. The molecule has 0 radical (unpaired) electrons. The predicted molar refractivity (Wildman–Crippen MR) is 63.0 cm³/mol. The van der Waals surface area contributed by atoms with Gasteiger partial charge in [0.1, 0.15) is 0 Å². The van der Waals surface area contributed by atoms with Gasteiger partial charge in [0.2, 0.25) is 0 Å². The smallest absolute Gasteiger partial charge is 0.251 e. The normalized spacial score (nSPS) is 9.73. The number of hydrogen-bond donors (Lipinski definition) is 1. The molecule has 0 saturated heterocycles. The number of carbonyl (C=O) groups excluding carboxylic acids is 1. The van der Waals surface area contributed by atoms with Gasteiger partial charge < -0.3 is 5.32 Å². The van der Waals surface area contributed by atoms with E-state index >= 15 is 0 Å². The van der Waals surface area contributed by atoms with E-state index in [-0.39, 0.29) is 5.91 Å².